The third kappa shape index (κ3) is 4.83. The number of rotatable bonds is 6. The summed E-state index contributed by atoms with van der Waals surface area (Å²) in [5, 5.41) is 2.78. The number of sulfonamides is 1. The molecule has 0 fully saturated rings. The summed E-state index contributed by atoms with van der Waals surface area (Å²) < 4.78 is 26.9. The molecule has 0 aliphatic carbocycles. The van der Waals surface area contributed by atoms with Crippen LogP contribution in [0, 0.1) is 0 Å². The van der Waals surface area contributed by atoms with Crippen molar-refractivity contribution in [2.45, 2.75) is 29.7 Å². The molecule has 0 aliphatic heterocycles. The van der Waals surface area contributed by atoms with Crippen molar-refractivity contribution in [1.29, 1.82) is 0 Å². The lowest BCUT2D eigenvalue weighted by molar-refractivity contribution is 0.102. The Bertz CT molecular complexity index is 833. The van der Waals surface area contributed by atoms with Gasteiger partial charge in [-0.25, -0.2) is 13.1 Å². The van der Waals surface area contributed by atoms with Crippen LogP contribution in [-0.2, 0) is 10.0 Å². The van der Waals surface area contributed by atoms with E-state index >= 15 is 0 Å². The average molecular weight is 364 g/mol. The molecule has 1 amide bonds. The lowest BCUT2D eigenvalue weighted by atomic mass is 10.2. The zero-order chi connectivity index (χ0) is 17.7. The number of anilines is 1. The van der Waals surface area contributed by atoms with Crippen molar-refractivity contribution >= 4 is 33.4 Å². The first-order valence-corrected chi connectivity index (χ1v) is 10.1. The van der Waals surface area contributed by atoms with Crippen LogP contribution in [0.5, 0.6) is 0 Å². The van der Waals surface area contributed by atoms with E-state index in [0.29, 0.717) is 5.69 Å². The number of hydrogen-bond acceptors (Lipinski definition) is 4. The fourth-order valence-electron chi connectivity index (χ4n) is 2.09. The molecule has 0 aromatic heterocycles. The molecule has 0 heterocycles. The molecule has 0 aliphatic rings. The molecule has 2 aromatic carbocycles. The summed E-state index contributed by atoms with van der Waals surface area (Å²) in [6.45, 7) is 3.49. The van der Waals surface area contributed by atoms with Crippen LogP contribution in [0.2, 0.25) is 0 Å². The summed E-state index contributed by atoms with van der Waals surface area (Å²) >= 11 is 1.58. The van der Waals surface area contributed by atoms with Gasteiger partial charge in [-0.2, -0.15) is 0 Å². The van der Waals surface area contributed by atoms with Gasteiger partial charge in [0.2, 0.25) is 10.0 Å². The van der Waals surface area contributed by atoms with E-state index in [2.05, 4.69) is 10.0 Å². The van der Waals surface area contributed by atoms with Crippen LogP contribution >= 0.6 is 11.8 Å². The molecular formula is C17H20N2O3S2. The molecule has 2 rings (SSSR count). The topological polar surface area (TPSA) is 75.3 Å². The highest BCUT2D eigenvalue weighted by Crippen LogP contribution is 2.20. The molecule has 5 nitrogen and oxygen atoms in total. The van der Waals surface area contributed by atoms with Gasteiger partial charge in [0.05, 0.1) is 4.90 Å². The molecule has 0 spiro atoms. The van der Waals surface area contributed by atoms with E-state index in [4.69, 9.17) is 0 Å². The van der Waals surface area contributed by atoms with E-state index in [9.17, 15) is 13.2 Å². The Kier molecular flexibility index (Phi) is 6.04. The Morgan fingerprint density at radius 2 is 1.79 bits per heavy atom. The normalized spacial score (nSPS) is 11.5. The first-order chi connectivity index (χ1) is 11.3. The Morgan fingerprint density at radius 3 is 2.46 bits per heavy atom. The average Bonchev–Trinajstić information content (AvgIpc) is 2.54. The standard InChI is InChI=1S/C17H20N2O3S2/c1-12(2)19-24(21,22)16-9-4-6-13(10-16)17(20)18-14-7-5-8-15(11-14)23-3/h4-12,19H,1-3H3,(H,18,20). The lowest BCUT2D eigenvalue weighted by Crippen LogP contribution is -2.30. The molecule has 0 atom stereocenters. The van der Waals surface area contributed by atoms with Crippen LogP contribution in [0.15, 0.2) is 58.3 Å². The molecule has 0 saturated heterocycles. The van der Waals surface area contributed by atoms with Crippen molar-refractivity contribution in [3.05, 3.63) is 54.1 Å². The maximum absolute atomic E-state index is 12.4. The van der Waals surface area contributed by atoms with E-state index in [0.717, 1.165) is 4.90 Å². The van der Waals surface area contributed by atoms with Crippen molar-refractivity contribution in [2.75, 3.05) is 11.6 Å². The first-order valence-electron chi connectivity index (χ1n) is 7.39. The van der Waals surface area contributed by atoms with Gasteiger partial charge < -0.3 is 5.32 Å². The van der Waals surface area contributed by atoms with Crippen LogP contribution < -0.4 is 10.0 Å². The number of thioether (sulfide) groups is 1. The Labute approximate surface area is 146 Å². The smallest absolute Gasteiger partial charge is 0.255 e. The quantitative estimate of drug-likeness (QED) is 0.771. The zero-order valence-corrected chi connectivity index (χ0v) is 15.4. The summed E-state index contributed by atoms with van der Waals surface area (Å²) in [6, 6.07) is 13.2. The summed E-state index contributed by atoms with van der Waals surface area (Å²) in [4.78, 5) is 13.5. The third-order valence-electron chi connectivity index (χ3n) is 3.12. The molecule has 0 radical (unpaired) electrons. The van der Waals surface area contributed by atoms with Gasteiger partial charge in [0.25, 0.3) is 5.91 Å². The van der Waals surface area contributed by atoms with Crippen molar-refractivity contribution in [2.24, 2.45) is 0 Å². The minimum absolute atomic E-state index is 0.0710. The number of benzene rings is 2. The second-order valence-electron chi connectivity index (χ2n) is 5.49. The second-order valence-corrected chi connectivity index (χ2v) is 8.08. The van der Waals surface area contributed by atoms with Crippen molar-refractivity contribution in [3.63, 3.8) is 0 Å². The predicted octanol–water partition coefficient (Wildman–Crippen LogP) is 3.35. The first kappa shape index (κ1) is 18.5. The van der Waals surface area contributed by atoms with Crippen LogP contribution in [-0.4, -0.2) is 26.6 Å². The van der Waals surface area contributed by atoms with Crippen molar-refractivity contribution in [1.82, 2.24) is 4.72 Å². The molecule has 128 valence electrons. The number of hydrogen-bond donors (Lipinski definition) is 2. The van der Waals surface area contributed by atoms with Crippen LogP contribution in [0.4, 0.5) is 5.69 Å². The minimum atomic E-state index is -3.63. The molecule has 2 N–H and O–H groups in total. The molecule has 0 unspecified atom stereocenters. The van der Waals surface area contributed by atoms with Crippen molar-refractivity contribution < 1.29 is 13.2 Å². The van der Waals surface area contributed by atoms with Gasteiger partial charge >= 0.3 is 0 Å². The van der Waals surface area contributed by atoms with Gasteiger partial charge in [-0.1, -0.05) is 12.1 Å². The third-order valence-corrected chi connectivity index (χ3v) is 5.51. The molecule has 0 bridgehead atoms. The van der Waals surface area contributed by atoms with E-state index in [1.165, 1.54) is 12.1 Å². The van der Waals surface area contributed by atoms with E-state index in [-0.39, 0.29) is 22.4 Å². The summed E-state index contributed by atoms with van der Waals surface area (Å²) in [5.41, 5.74) is 0.955. The summed E-state index contributed by atoms with van der Waals surface area (Å²) in [7, 11) is -3.63. The highest BCUT2D eigenvalue weighted by Gasteiger charge is 2.17. The van der Waals surface area contributed by atoms with Gasteiger partial charge in [-0.05, 0) is 56.5 Å². The molecule has 2 aromatic rings. The molecule has 24 heavy (non-hydrogen) atoms. The van der Waals surface area contributed by atoms with E-state index in [1.807, 2.05) is 24.5 Å². The lowest BCUT2D eigenvalue weighted by Gasteiger charge is -2.11. The van der Waals surface area contributed by atoms with Gasteiger partial charge in [0, 0.05) is 22.2 Å². The molecule has 7 heteroatoms. The van der Waals surface area contributed by atoms with Gasteiger partial charge in [-0.3, -0.25) is 4.79 Å². The fourth-order valence-corrected chi connectivity index (χ4v) is 3.84. The fraction of sp³-hybridized carbons (Fsp3) is 0.235. The van der Waals surface area contributed by atoms with Crippen LogP contribution in [0.3, 0.4) is 0 Å². The van der Waals surface area contributed by atoms with Gasteiger partial charge in [-0.15, -0.1) is 11.8 Å². The predicted molar refractivity (Wildman–Crippen MR) is 98.1 cm³/mol. The number of carbonyl (C=O) groups excluding carboxylic acids is 1. The SMILES string of the molecule is CSc1cccc(NC(=O)c2cccc(S(=O)(=O)NC(C)C)c2)c1. The van der Waals surface area contributed by atoms with E-state index < -0.39 is 10.0 Å². The van der Waals surface area contributed by atoms with Gasteiger partial charge in [0.15, 0.2) is 0 Å². The Balaban J connectivity index is 2.23. The Hall–Kier alpha value is -1.83. The van der Waals surface area contributed by atoms with Crippen LogP contribution in [0.25, 0.3) is 0 Å². The monoisotopic (exact) mass is 364 g/mol. The maximum atomic E-state index is 12.4. The second kappa shape index (κ2) is 7.83. The minimum Gasteiger partial charge on any atom is -0.322 e. The maximum Gasteiger partial charge on any atom is 0.255 e. The number of nitrogens with one attached hydrogen (secondary N) is 2. The van der Waals surface area contributed by atoms with Gasteiger partial charge in [0.1, 0.15) is 0 Å². The number of amides is 1. The van der Waals surface area contributed by atoms with Crippen LogP contribution in [0.1, 0.15) is 24.2 Å². The summed E-state index contributed by atoms with van der Waals surface area (Å²) in [5.74, 6) is -0.352. The van der Waals surface area contributed by atoms with Crippen molar-refractivity contribution in [3.8, 4) is 0 Å². The molecule has 0 saturated carbocycles. The largest absolute Gasteiger partial charge is 0.322 e. The zero-order valence-electron chi connectivity index (χ0n) is 13.7. The summed E-state index contributed by atoms with van der Waals surface area (Å²) in [6.07, 6.45) is 1.96. The van der Waals surface area contributed by atoms with E-state index in [1.54, 1.807) is 43.8 Å². The Morgan fingerprint density at radius 1 is 1.08 bits per heavy atom. The highest BCUT2D eigenvalue weighted by atomic mass is 32.2. The molecular weight excluding hydrogens is 344 g/mol. The highest BCUT2D eigenvalue weighted by molar-refractivity contribution is 7.98. The number of carbonyl (C=O) groups is 1.